The average molecular weight is 281 g/mol. The first-order valence-electron chi connectivity index (χ1n) is 8.37. The molecule has 116 valence electrons. The molecule has 0 spiro atoms. The van der Waals surface area contributed by atoms with E-state index in [1.807, 2.05) is 0 Å². The van der Waals surface area contributed by atoms with Crippen molar-refractivity contribution < 1.29 is 4.79 Å². The van der Waals surface area contributed by atoms with Crippen molar-refractivity contribution >= 4 is 5.91 Å². The van der Waals surface area contributed by atoms with Crippen molar-refractivity contribution in [3.63, 3.8) is 0 Å². The summed E-state index contributed by atoms with van der Waals surface area (Å²) in [7, 11) is 2.08. The van der Waals surface area contributed by atoms with Crippen molar-refractivity contribution in [3.05, 3.63) is 0 Å². The van der Waals surface area contributed by atoms with E-state index in [2.05, 4.69) is 23.8 Å². The van der Waals surface area contributed by atoms with E-state index in [-0.39, 0.29) is 12.1 Å². The minimum atomic E-state index is -0.0396. The van der Waals surface area contributed by atoms with Gasteiger partial charge in [-0.25, -0.2) is 0 Å². The Hall–Kier alpha value is -0.610. The van der Waals surface area contributed by atoms with Crippen LogP contribution in [0.5, 0.6) is 0 Å². The second kappa shape index (κ2) is 7.41. The standard InChI is InChI=1S/C16H31N3O/c1-13(16(20)19-11-7-3-4-8-12-19)18(2)15-10-6-5-9-14(15)17/h13-15H,3-12,17H2,1-2H3. The Morgan fingerprint density at radius 2 is 1.70 bits per heavy atom. The first-order chi connectivity index (χ1) is 9.61. The lowest BCUT2D eigenvalue weighted by molar-refractivity contribution is -0.137. The van der Waals surface area contributed by atoms with Crippen molar-refractivity contribution in [2.45, 2.75) is 76.4 Å². The fourth-order valence-electron chi connectivity index (χ4n) is 3.66. The molecule has 0 aromatic carbocycles. The second-order valence-electron chi connectivity index (χ2n) is 6.60. The van der Waals surface area contributed by atoms with Crippen LogP contribution in [-0.4, -0.2) is 54.0 Å². The molecule has 0 aromatic rings. The Morgan fingerprint density at radius 3 is 2.30 bits per heavy atom. The maximum atomic E-state index is 12.7. The smallest absolute Gasteiger partial charge is 0.239 e. The molecule has 0 radical (unpaired) electrons. The number of likely N-dealkylation sites (N-methyl/N-ethyl adjacent to an activating group) is 1. The molecule has 1 heterocycles. The van der Waals surface area contributed by atoms with Gasteiger partial charge in [0.25, 0.3) is 0 Å². The highest BCUT2D eigenvalue weighted by Gasteiger charge is 2.32. The zero-order chi connectivity index (χ0) is 14.5. The van der Waals surface area contributed by atoms with Crippen LogP contribution in [0.3, 0.4) is 0 Å². The van der Waals surface area contributed by atoms with Crippen LogP contribution in [0.15, 0.2) is 0 Å². The van der Waals surface area contributed by atoms with Gasteiger partial charge in [-0.1, -0.05) is 25.7 Å². The maximum absolute atomic E-state index is 12.7. The molecule has 0 bridgehead atoms. The Morgan fingerprint density at radius 1 is 1.10 bits per heavy atom. The molecule has 1 amide bonds. The van der Waals surface area contributed by atoms with Gasteiger partial charge in [0.05, 0.1) is 6.04 Å². The van der Waals surface area contributed by atoms with Crippen molar-refractivity contribution in [1.82, 2.24) is 9.80 Å². The molecule has 2 aliphatic rings. The summed E-state index contributed by atoms with van der Waals surface area (Å²) in [5.41, 5.74) is 6.25. The molecule has 1 saturated carbocycles. The number of nitrogens with two attached hydrogens (primary N) is 1. The number of hydrogen-bond acceptors (Lipinski definition) is 3. The van der Waals surface area contributed by atoms with Crippen LogP contribution in [-0.2, 0) is 4.79 Å². The lowest BCUT2D eigenvalue weighted by Crippen LogP contribution is -2.55. The second-order valence-corrected chi connectivity index (χ2v) is 6.60. The molecular weight excluding hydrogens is 250 g/mol. The van der Waals surface area contributed by atoms with E-state index in [4.69, 9.17) is 5.73 Å². The molecule has 1 aliphatic carbocycles. The normalized spacial score (nSPS) is 30.1. The van der Waals surface area contributed by atoms with Crippen LogP contribution in [0.4, 0.5) is 0 Å². The highest BCUT2D eigenvalue weighted by Crippen LogP contribution is 2.23. The largest absolute Gasteiger partial charge is 0.341 e. The van der Waals surface area contributed by atoms with E-state index in [0.29, 0.717) is 11.9 Å². The summed E-state index contributed by atoms with van der Waals surface area (Å²) >= 11 is 0. The minimum absolute atomic E-state index is 0.0396. The van der Waals surface area contributed by atoms with Gasteiger partial charge in [-0.05, 0) is 39.7 Å². The zero-order valence-electron chi connectivity index (χ0n) is 13.2. The third-order valence-electron chi connectivity index (χ3n) is 5.19. The van der Waals surface area contributed by atoms with Crippen molar-refractivity contribution in [1.29, 1.82) is 0 Å². The topological polar surface area (TPSA) is 49.6 Å². The molecule has 1 saturated heterocycles. The van der Waals surface area contributed by atoms with Crippen LogP contribution >= 0.6 is 0 Å². The number of carbonyl (C=O) groups is 1. The number of likely N-dealkylation sites (tertiary alicyclic amines) is 1. The highest BCUT2D eigenvalue weighted by atomic mass is 16.2. The summed E-state index contributed by atoms with van der Waals surface area (Å²) in [4.78, 5) is 17.0. The number of rotatable bonds is 3. The van der Waals surface area contributed by atoms with Crippen LogP contribution in [0.2, 0.25) is 0 Å². The summed E-state index contributed by atoms with van der Waals surface area (Å²) in [5.74, 6) is 0.298. The van der Waals surface area contributed by atoms with E-state index in [1.165, 1.54) is 25.7 Å². The number of nitrogens with zero attached hydrogens (tertiary/aromatic N) is 2. The third kappa shape index (κ3) is 3.73. The van der Waals surface area contributed by atoms with E-state index >= 15 is 0 Å². The lowest BCUT2D eigenvalue weighted by Gasteiger charge is -2.40. The molecule has 4 nitrogen and oxygen atoms in total. The number of hydrogen-bond donors (Lipinski definition) is 1. The van der Waals surface area contributed by atoms with Crippen molar-refractivity contribution in [2.75, 3.05) is 20.1 Å². The van der Waals surface area contributed by atoms with Crippen LogP contribution in [0.25, 0.3) is 0 Å². The monoisotopic (exact) mass is 281 g/mol. The van der Waals surface area contributed by atoms with E-state index in [9.17, 15) is 4.79 Å². The van der Waals surface area contributed by atoms with Crippen LogP contribution < -0.4 is 5.73 Å². The van der Waals surface area contributed by atoms with Gasteiger partial charge in [-0.15, -0.1) is 0 Å². The minimum Gasteiger partial charge on any atom is -0.341 e. The molecule has 2 rings (SSSR count). The SMILES string of the molecule is CC(C(=O)N1CCCCCC1)N(C)C1CCCCC1N. The van der Waals surface area contributed by atoms with Gasteiger partial charge < -0.3 is 10.6 Å². The Kier molecular flexibility index (Phi) is 5.85. The fraction of sp³-hybridized carbons (Fsp3) is 0.938. The molecule has 3 atom stereocenters. The van der Waals surface area contributed by atoms with E-state index in [0.717, 1.165) is 38.8 Å². The van der Waals surface area contributed by atoms with E-state index in [1.54, 1.807) is 0 Å². The van der Waals surface area contributed by atoms with Gasteiger partial charge in [0.15, 0.2) is 0 Å². The van der Waals surface area contributed by atoms with Gasteiger partial charge >= 0.3 is 0 Å². The Bertz CT molecular complexity index is 313. The van der Waals surface area contributed by atoms with Gasteiger partial charge in [-0.2, -0.15) is 0 Å². The summed E-state index contributed by atoms with van der Waals surface area (Å²) in [6, 6.07) is 0.560. The predicted octanol–water partition coefficient (Wildman–Crippen LogP) is 1.98. The molecular formula is C16H31N3O. The zero-order valence-corrected chi connectivity index (χ0v) is 13.2. The summed E-state index contributed by atoms with van der Waals surface area (Å²) in [6.45, 7) is 3.93. The first kappa shape index (κ1) is 15.8. The quantitative estimate of drug-likeness (QED) is 0.860. The molecule has 3 unspecified atom stereocenters. The molecule has 2 fully saturated rings. The Balaban J connectivity index is 1.94. The van der Waals surface area contributed by atoms with Crippen LogP contribution in [0, 0.1) is 0 Å². The highest BCUT2D eigenvalue weighted by molar-refractivity contribution is 5.81. The fourth-order valence-corrected chi connectivity index (χ4v) is 3.66. The van der Waals surface area contributed by atoms with Crippen LogP contribution in [0.1, 0.15) is 58.3 Å². The van der Waals surface area contributed by atoms with E-state index < -0.39 is 0 Å². The average Bonchev–Trinajstić information content (AvgIpc) is 2.74. The van der Waals surface area contributed by atoms with Gasteiger partial charge in [0.1, 0.15) is 0 Å². The maximum Gasteiger partial charge on any atom is 0.239 e. The van der Waals surface area contributed by atoms with Gasteiger partial charge in [-0.3, -0.25) is 9.69 Å². The van der Waals surface area contributed by atoms with Crippen molar-refractivity contribution in [3.8, 4) is 0 Å². The summed E-state index contributed by atoms with van der Waals surface area (Å²) < 4.78 is 0. The van der Waals surface area contributed by atoms with Gasteiger partial charge in [0.2, 0.25) is 5.91 Å². The molecule has 0 aromatic heterocycles. The molecule has 1 aliphatic heterocycles. The lowest BCUT2D eigenvalue weighted by atomic mass is 9.89. The first-order valence-corrected chi connectivity index (χ1v) is 8.37. The number of amides is 1. The van der Waals surface area contributed by atoms with Crippen molar-refractivity contribution in [2.24, 2.45) is 5.73 Å². The molecule has 20 heavy (non-hydrogen) atoms. The number of carbonyl (C=O) groups excluding carboxylic acids is 1. The third-order valence-corrected chi connectivity index (χ3v) is 5.19. The molecule has 4 heteroatoms. The summed E-state index contributed by atoms with van der Waals surface area (Å²) in [5, 5.41) is 0. The molecule has 2 N–H and O–H groups in total. The Labute approximate surface area is 123 Å². The predicted molar refractivity (Wildman–Crippen MR) is 82.5 cm³/mol. The summed E-state index contributed by atoms with van der Waals surface area (Å²) in [6.07, 6.45) is 9.56. The van der Waals surface area contributed by atoms with Gasteiger partial charge in [0, 0.05) is 25.2 Å².